The van der Waals surface area contributed by atoms with Crippen LogP contribution in [0.4, 0.5) is 14.5 Å². The number of nitrogens with two attached hydrogens (primary N) is 1. The molecule has 0 atom stereocenters. The van der Waals surface area contributed by atoms with Crippen molar-refractivity contribution in [1.29, 1.82) is 0 Å². The Labute approximate surface area is 114 Å². The smallest absolute Gasteiger partial charge is 0.135 e. The molecule has 20 heavy (non-hydrogen) atoms. The fraction of sp³-hybridized carbons (Fsp3) is 0. The van der Waals surface area contributed by atoms with E-state index in [0.29, 0.717) is 0 Å². The van der Waals surface area contributed by atoms with E-state index in [1.165, 1.54) is 29.1 Å². The van der Waals surface area contributed by atoms with Gasteiger partial charge >= 0.3 is 0 Å². The predicted octanol–water partition coefficient (Wildman–Crippen LogP) is 3.40. The first-order valence-corrected chi connectivity index (χ1v) is 6.02. The topological polar surface area (TPSA) is 43.8 Å². The lowest BCUT2D eigenvalue weighted by atomic mass is 10.1. The van der Waals surface area contributed by atoms with Crippen LogP contribution in [0.2, 0.25) is 0 Å². The molecule has 0 unspecified atom stereocenters. The molecule has 0 spiro atoms. The summed E-state index contributed by atoms with van der Waals surface area (Å²) in [6.45, 7) is 0. The highest BCUT2D eigenvalue weighted by molar-refractivity contribution is 5.73. The number of benzene rings is 2. The van der Waals surface area contributed by atoms with Crippen molar-refractivity contribution >= 4 is 5.69 Å². The van der Waals surface area contributed by atoms with Crippen molar-refractivity contribution in [1.82, 2.24) is 9.78 Å². The van der Waals surface area contributed by atoms with Crippen molar-refractivity contribution in [2.24, 2.45) is 0 Å². The first kappa shape index (κ1) is 12.3. The SMILES string of the molecule is Nc1cn(-c2ccccc2)nc1-c1c(F)cccc1F. The minimum atomic E-state index is -0.685. The standard InChI is InChI=1S/C15H11F2N3/c16-11-7-4-8-12(17)14(11)15-13(18)9-20(19-15)10-5-2-1-3-6-10/h1-9H,18H2. The van der Waals surface area contributed by atoms with Crippen LogP contribution in [0.5, 0.6) is 0 Å². The summed E-state index contributed by atoms with van der Waals surface area (Å²) in [6, 6.07) is 12.9. The van der Waals surface area contributed by atoms with E-state index in [1.54, 1.807) is 0 Å². The lowest BCUT2D eigenvalue weighted by Gasteiger charge is -2.02. The zero-order valence-corrected chi connectivity index (χ0v) is 10.4. The second-order valence-corrected chi connectivity index (χ2v) is 4.31. The van der Waals surface area contributed by atoms with E-state index in [9.17, 15) is 8.78 Å². The summed E-state index contributed by atoms with van der Waals surface area (Å²) in [7, 11) is 0. The Morgan fingerprint density at radius 1 is 0.900 bits per heavy atom. The second-order valence-electron chi connectivity index (χ2n) is 4.31. The van der Waals surface area contributed by atoms with E-state index >= 15 is 0 Å². The first-order chi connectivity index (χ1) is 9.66. The highest BCUT2D eigenvalue weighted by Crippen LogP contribution is 2.29. The second kappa shape index (κ2) is 4.77. The minimum Gasteiger partial charge on any atom is -0.396 e. The van der Waals surface area contributed by atoms with Gasteiger partial charge < -0.3 is 5.73 Å². The molecule has 0 saturated heterocycles. The molecule has 1 aromatic heterocycles. The number of para-hydroxylation sites is 1. The molecule has 100 valence electrons. The third-order valence-corrected chi connectivity index (χ3v) is 2.96. The van der Waals surface area contributed by atoms with Crippen molar-refractivity contribution in [3.63, 3.8) is 0 Å². The molecule has 0 bridgehead atoms. The fourth-order valence-electron chi connectivity index (χ4n) is 2.02. The van der Waals surface area contributed by atoms with E-state index in [0.717, 1.165) is 5.69 Å². The van der Waals surface area contributed by atoms with E-state index < -0.39 is 11.6 Å². The van der Waals surface area contributed by atoms with Crippen molar-refractivity contribution in [3.05, 3.63) is 66.4 Å². The summed E-state index contributed by atoms with van der Waals surface area (Å²) in [5.74, 6) is -1.37. The Balaban J connectivity index is 2.15. The van der Waals surface area contributed by atoms with Crippen LogP contribution >= 0.6 is 0 Å². The molecule has 0 fully saturated rings. The molecule has 0 aliphatic carbocycles. The molecule has 0 aliphatic heterocycles. The molecule has 0 amide bonds. The highest BCUT2D eigenvalue weighted by atomic mass is 19.1. The molecular formula is C15H11F2N3. The van der Waals surface area contributed by atoms with Crippen LogP contribution in [0.25, 0.3) is 16.9 Å². The quantitative estimate of drug-likeness (QED) is 0.776. The highest BCUT2D eigenvalue weighted by Gasteiger charge is 2.17. The molecule has 0 radical (unpaired) electrons. The molecule has 0 aliphatic rings. The summed E-state index contributed by atoms with van der Waals surface area (Å²) in [5.41, 5.74) is 6.71. The van der Waals surface area contributed by atoms with Gasteiger partial charge in [-0.15, -0.1) is 0 Å². The average Bonchev–Trinajstić information content (AvgIpc) is 2.82. The van der Waals surface area contributed by atoms with Crippen molar-refractivity contribution in [2.75, 3.05) is 5.73 Å². The maximum absolute atomic E-state index is 13.8. The molecule has 3 rings (SSSR count). The number of nitrogens with zero attached hydrogens (tertiary/aromatic N) is 2. The number of anilines is 1. The molecule has 5 heteroatoms. The van der Waals surface area contributed by atoms with Crippen LogP contribution in [0, 0.1) is 11.6 Å². The Morgan fingerprint density at radius 3 is 2.20 bits per heavy atom. The Hall–Kier alpha value is -2.69. The zero-order chi connectivity index (χ0) is 14.1. The Bertz CT molecular complexity index is 731. The van der Waals surface area contributed by atoms with Gasteiger partial charge in [-0.05, 0) is 24.3 Å². The molecule has 3 aromatic rings. The monoisotopic (exact) mass is 271 g/mol. The van der Waals surface area contributed by atoms with Crippen LogP contribution < -0.4 is 5.73 Å². The van der Waals surface area contributed by atoms with Crippen LogP contribution in [0.1, 0.15) is 0 Å². The molecule has 2 N–H and O–H groups in total. The van der Waals surface area contributed by atoms with Crippen molar-refractivity contribution < 1.29 is 8.78 Å². The zero-order valence-electron chi connectivity index (χ0n) is 10.4. The number of rotatable bonds is 2. The third kappa shape index (κ3) is 2.03. The summed E-state index contributed by atoms with van der Waals surface area (Å²) in [4.78, 5) is 0. The van der Waals surface area contributed by atoms with Gasteiger partial charge in [-0.1, -0.05) is 24.3 Å². The maximum Gasteiger partial charge on any atom is 0.135 e. The maximum atomic E-state index is 13.8. The fourth-order valence-corrected chi connectivity index (χ4v) is 2.02. The van der Waals surface area contributed by atoms with Crippen LogP contribution in [-0.2, 0) is 0 Å². The summed E-state index contributed by atoms with van der Waals surface area (Å²) in [5, 5.41) is 4.18. The predicted molar refractivity (Wildman–Crippen MR) is 73.3 cm³/mol. The number of hydrogen-bond donors (Lipinski definition) is 1. The van der Waals surface area contributed by atoms with E-state index in [-0.39, 0.29) is 16.9 Å². The van der Waals surface area contributed by atoms with Gasteiger partial charge in [-0.2, -0.15) is 5.10 Å². The van der Waals surface area contributed by atoms with Crippen LogP contribution in [0.3, 0.4) is 0 Å². The largest absolute Gasteiger partial charge is 0.396 e. The number of hydrogen-bond acceptors (Lipinski definition) is 2. The third-order valence-electron chi connectivity index (χ3n) is 2.96. The first-order valence-electron chi connectivity index (χ1n) is 6.02. The number of aromatic nitrogens is 2. The van der Waals surface area contributed by atoms with E-state index in [1.807, 2.05) is 30.3 Å². The van der Waals surface area contributed by atoms with Crippen LogP contribution in [0.15, 0.2) is 54.7 Å². The number of nitrogen functional groups attached to an aromatic ring is 1. The van der Waals surface area contributed by atoms with Gasteiger partial charge in [0.05, 0.1) is 23.1 Å². The van der Waals surface area contributed by atoms with E-state index in [4.69, 9.17) is 5.73 Å². The van der Waals surface area contributed by atoms with Gasteiger partial charge in [0.25, 0.3) is 0 Å². The van der Waals surface area contributed by atoms with Gasteiger partial charge in [0.15, 0.2) is 0 Å². The van der Waals surface area contributed by atoms with Gasteiger partial charge in [0.2, 0.25) is 0 Å². The lowest BCUT2D eigenvalue weighted by molar-refractivity contribution is 0.588. The minimum absolute atomic E-state index is 0.101. The number of halogens is 2. The van der Waals surface area contributed by atoms with Gasteiger partial charge in [-0.3, -0.25) is 0 Å². The average molecular weight is 271 g/mol. The van der Waals surface area contributed by atoms with Gasteiger partial charge in [-0.25, -0.2) is 13.5 Å². The van der Waals surface area contributed by atoms with Crippen LogP contribution in [-0.4, -0.2) is 9.78 Å². The van der Waals surface area contributed by atoms with Gasteiger partial charge in [0, 0.05) is 0 Å². The summed E-state index contributed by atoms with van der Waals surface area (Å²) >= 11 is 0. The summed E-state index contributed by atoms with van der Waals surface area (Å²) < 4.78 is 29.1. The molecular weight excluding hydrogens is 260 g/mol. The van der Waals surface area contributed by atoms with Gasteiger partial charge in [0.1, 0.15) is 17.3 Å². The normalized spacial score (nSPS) is 10.7. The van der Waals surface area contributed by atoms with Crippen molar-refractivity contribution in [2.45, 2.75) is 0 Å². The Morgan fingerprint density at radius 2 is 1.55 bits per heavy atom. The van der Waals surface area contributed by atoms with Crippen molar-refractivity contribution in [3.8, 4) is 16.9 Å². The molecule has 1 heterocycles. The summed E-state index contributed by atoms with van der Waals surface area (Å²) in [6.07, 6.45) is 1.54. The molecule has 2 aromatic carbocycles. The Kier molecular flexibility index (Phi) is 2.95. The van der Waals surface area contributed by atoms with E-state index in [2.05, 4.69) is 5.10 Å². The lowest BCUT2D eigenvalue weighted by Crippen LogP contribution is -1.96. The molecule has 3 nitrogen and oxygen atoms in total. The molecule has 0 saturated carbocycles.